The van der Waals surface area contributed by atoms with Gasteiger partial charge in [-0.1, -0.05) is 18.2 Å². The first-order chi connectivity index (χ1) is 8.33. The quantitative estimate of drug-likeness (QED) is 0.669. The molecule has 0 aliphatic rings. The summed E-state index contributed by atoms with van der Waals surface area (Å²) >= 11 is 5.97. The van der Waals surface area contributed by atoms with Crippen LogP contribution < -0.4 is 10.4 Å². The summed E-state index contributed by atoms with van der Waals surface area (Å²) in [6, 6.07) is 7.86. The maximum Gasteiger partial charge on any atom is 0.323 e. The molecule has 100 valence electrons. The molecule has 0 spiro atoms. The second-order valence-electron chi connectivity index (χ2n) is 4.20. The lowest BCUT2D eigenvalue weighted by molar-refractivity contribution is -0.148. The molecule has 1 N–H and O–H groups in total. The van der Waals surface area contributed by atoms with E-state index in [1.165, 1.54) is 0 Å². The standard InChI is InChI=1S/C12H17ClNO3P/c1-9(2)17-12(15)10(3)14-18(13,16)11-7-5-4-6-8-11/h4-10H,1-3H3,(H,14,16)/t10-,18?/m0/s1. The van der Waals surface area contributed by atoms with Crippen molar-refractivity contribution in [3.05, 3.63) is 30.3 Å². The van der Waals surface area contributed by atoms with E-state index in [9.17, 15) is 9.36 Å². The van der Waals surface area contributed by atoms with E-state index in [2.05, 4.69) is 5.09 Å². The first kappa shape index (κ1) is 15.2. The molecule has 6 heteroatoms. The lowest BCUT2D eigenvalue weighted by Gasteiger charge is -2.19. The van der Waals surface area contributed by atoms with Crippen molar-refractivity contribution >= 4 is 29.2 Å². The average Bonchev–Trinajstić information content (AvgIpc) is 2.28. The van der Waals surface area contributed by atoms with Crippen LogP contribution in [0.2, 0.25) is 0 Å². The molecule has 0 radical (unpaired) electrons. The van der Waals surface area contributed by atoms with E-state index in [1.807, 2.05) is 0 Å². The third-order valence-corrected chi connectivity index (χ3v) is 4.71. The molecule has 1 unspecified atom stereocenters. The normalized spacial score (nSPS) is 16.1. The van der Waals surface area contributed by atoms with Crippen molar-refractivity contribution in [3.8, 4) is 0 Å². The van der Waals surface area contributed by atoms with E-state index in [4.69, 9.17) is 16.0 Å². The predicted molar refractivity (Wildman–Crippen MR) is 73.4 cm³/mol. The number of ether oxygens (including phenoxy) is 1. The van der Waals surface area contributed by atoms with Crippen LogP contribution in [0.5, 0.6) is 0 Å². The van der Waals surface area contributed by atoms with Gasteiger partial charge in [-0.15, -0.1) is 0 Å². The molecule has 0 amide bonds. The Morgan fingerprint density at radius 2 is 1.83 bits per heavy atom. The fourth-order valence-electron chi connectivity index (χ4n) is 1.33. The highest BCUT2D eigenvalue weighted by atomic mass is 35.7. The molecule has 1 aromatic carbocycles. The number of nitrogens with one attached hydrogen (secondary N) is 1. The Morgan fingerprint density at radius 1 is 1.28 bits per heavy atom. The zero-order valence-electron chi connectivity index (χ0n) is 10.6. The van der Waals surface area contributed by atoms with Gasteiger partial charge in [0.1, 0.15) is 6.04 Å². The highest BCUT2D eigenvalue weighted by Crippen LogP contribution is 2.45. The zero-order chi connectivity index (χ0) is 13.8. The summed E-state index contributed by atoms with van der Waals surface area (Å²) < 4.78 is 17.3. The summed E-state index contributed by atoms with van der Waals surface area (Å²) in [5, 5.41) is 3.09. The van der Waals surface area contributed by atoms with Crippen molar-refractivity contribution < 1.29 is 14.1 Å². The third-order valence-electron chi connectivity index (χ3n) is 2.15. The average molecular weight is 290 g/mol. The van der Waals surface area contributed by atoms with E-state index in [0.717, 1.165) is 0 Å². The van der Waals surface area contributed by atoms with Gasteiger partial charge in [0.15, 0.2) is 0 Å². The molecule has 0 aliphatic heterocycles. The maximum atomic E-state index is 12.3. The predicted octanol–water partition coefficient (Wildman–Crippen LogP) is 2.67. The minimum absolute atomic E-state index is 0.215. The molecule has 0 aliphatic carbocycles. The van der Waals surface area contributed by atoms with Crippen molar-refractivity contribution in [3.63, 3.8) is 0 Å². The molecule has 0 heterocycles. The summed E-state index contributed by atoms with van der Waals surface area (Å²) in [6.45, 7) is 1.80. The molecular formula is C12H17ClNO3P. The van der Waals surface area contributed by atoms with Crippen LogP contribution in [0.1, 0.15) is 20.8 Å². The molecule has 1 aromatic rings. The van der Waals surface area contributed by atoms with Gasteiger partial charge >= 0.3 is 5.97 Å². The van der Waals surface area contributed by atoms with Crippen LogP contribution in [0.15, 0.2) is 30.3 Å². The summed E-state index contributed by atoms with van der Waals surface area (Å²) in [4.78, 5) is 11.6. The Morgan fingerprint density at radius 3 is 2.33 bits per heavy atom. The highest BCUT2D eigenvalue weighted by Gasteiger charge is 2.27. The SMILES string of the molecule is CC(C)OC(=O)[C@H](C)NP(=O)(Cl)c1ccccc1. The van der Waals surface area contributed by atoms with Gasteiger partial charge in [-0.05, 0) is 44.1 Å². The lowest BCUT2D eigenvalue weighted by atomic mass is 10.4. The number of carbonyl (C=O) groups excluding carboxylic acids is 1. The van der Waals surface area contributed by atoms with E-state index in [-0.39, 0.29) is 6.10 Å². The molecule has 4 nitrogen and oxygen atoms in total. The molecule has 18 heavy (non-hydrogen) atoms. The minimum atomic E-state index is -3.28. The fourth-order valence-corrected chi connectivity index (χ4v) is 3.42. The van der Waals surface area contributed by atoms with Crippen molar-refractivity contribution in [1.29, 1.82) is 0 Å². The van der Waals surface area contributed by atoms with E-state index in [1.54, 1.807) is 51.1 Å². The van der Waals surface area contributed by atoms with E-state index in [0.29, 0.717) is 5.30 Å². The van der Waals surface area contributed by atoms with Crippen molar-refractivity contribution in [2.45, 2.75) is 32.9 Å². The topological polar surface area (TPSA) is 55.4 Å². The van der Waals surface area contributed by atoms with Gasteiger partial charge in [-0.25, -0.2) is 5.09 Å². The lowest BCUT2D eigenvalue weighted by Crippen LogP contribution is -2.35. The number of benzene rings is 1. The van der Waals surface area contributed by atoms with E-state index < -0.39 is 18.7 Å². The van der Waals surface area contributed by atoms with Gasteiger partial charge in [-0.3, -0.25) is 9.36 Å². The smallest absolute Gasteiger partial charge is 0.323 e. The third kappa shape index (κ3) is 4.45. The fraction of sp³-hybridized carbons (Fsp3) is 0.417. The minimum Gasteiger partial charge on any atom is -0.462 e. The van der Waals surface area contributed by atoms with Crippen molar-refractivity contribution in [2.75, 3.05) is 0 Å². The van der Waals surface area contributed by atoms with Gasteiger partial charge in [0.05, 0.1) is 6.10 Å². The Labute approximate surface area is 112 Å². The van der Waals surface area contributed by atoms with Crippen LogP contribution in [0.25, 0.3) is 0 Å². The van der Waals surface area contributed by atoms with Crippen LogP contribution >= 0.6 is 17.9 Å². The first-order valence-corrected chi connectivity index (χ1v) is 8.27. The van der Waals surface area contributed by atoms with Crippen molar-refractivity contribution in [1.82, 2.24) is 5.09 Å². The number of rotatable bonds is 5. The Balaban J connectivity index is 2.72. The van der Waals surface area contributed by atoms with Gasteiger partial charge < -0.3 is 4.74 Å². The molecule has 0 bridgehead atoms. The number of hydrogen-bond acceptors (Lipinski definition) is 3. The molecule has 0 saturated carbocycles. The molecule has 0 aromatic heterocycles. The molecular weight excluding hydrogens is 273 g/mol. The Bertz CT molecular complexity index is 450. The maximum absolute atomic E-state index is 12.3. The summed E-state index contributed by atoms with van der Waals surface area (Å²) in [7, 11) is 0. The largest absolute Gasteiger partial charge is 0.462 e. The monoisotopic (exact) mass is 289 g/mol. The van der Waals surface area contributed by atoms with Gasteiger partial charge in [0, 0.05) is 5.30 Å². The van der Waals surface area contributed by atoms with Crippen LogP contribution in [0, 0.1) is 0 Å². The summed E-state index contributed by atoms with van der Waals surface area (Å²) in [5.74, 6) is -0.471. The van der Waals surface area contributed by atoms with Crippen LogP contribution in [-0.4, -0.2) is 18.1 Å². The number of carbonyl (C=O) groups is 1. The molecule has 1 rings (SSSR count). The highest BCUT2D eigenvalue weighted by molar-refractivity contribution is 7.93. The number of hydrogen-bond donors (Lipinski definition) is 1. The number of halogens is 1. The van der Waals surface area contributed by atoms with Gasteiger partial charge in [-0.2, -0.15) is 0 Å². The molecule has 2 atom stereocenters. The summed E-state index contributed by atoms with van der Waals surface area (Å²) in [6.07, 6.45) is -0.215. The second-order valence-corrected chi connectivity index (χ2v) is 7.47. The zero-order valence-corrected chi connectivity index (χ0v) is 12.2. The second kappa shape index (κ2) is 6.37. The molecule has 0 saturated heterocycles. The number of esters is 1. The van der Waals surface area contributed by atoms with Crippen molar-refractivity contribution in [2.24, 2.45) is 0 Å². The Hall–Kier alpha value is -0.830. The molecule has 0 fully saturated rings. The van der Waals surface area contributed by atoms with Crippen LogP contribution in [0.3, 0.4) is 0 Å². The summed E-state index contributed by atoms with van der Waals surface area (Å²) in [5.41, 5.74) is 0. The Kier molecular flexibility index (Phi) is 5.39. The van der Waals surface area contributed by atoms with Crippen LogP contribution in [-0.2, 0) is 14.1 Å². The van der Waals surface area contributed by atoms with Gasteiger partial charge in [0.2, 0.25) is 0 Å². The van der Waals surface area contributed by atoms with Gasteiger partial charge in [0.25, 0.3) is 6.65 Å². The first-order valence-electron chi connectivity index (χ1n) is 5.66. The van der Waals surface area contributed by atoms with E-state index >= 15 is 0 Å². The van der Waals surface area contributed by atoms with Crippen LogP contribution in [0.4, 0.5) is 0 Å².